The van der Waals surface area contributed by atoms with Crippen molar-refractivity contribution < 1.29 is 28.9 Å². The zero-order valence-corrected chi connectivity index (χ0v) is 16.0. The van der Waals surface area contributed by atoms with E-state index >= 15 is 0 Å². The second kappa shape index (κ2) is 8.21. The number of carboxylic acid groups (broad SMARTS) is 1. The Balaban J connectivity index is 2.11. The molecule has 0 spiro atoms. The molecule has 1 N–H and O–H groups in total. The molecule has 0 aliphatic carbocycles. The van der Waals surface area contributed by atoms with E-state index in [1.54, 1.807) is 54.5 Å². The van der Waals surface area contributed by atoms with Gasteiger partial charge in [-0.1, -0.05) is 6.07 Å². The van der Waals surface area contributed by atoms with Crippen LogP contribution in [0.1, 0.15) is 24.4 Å². The van der Waals surface area contributed by atoms with Crippen LogP contribution in [-0.4, -0.2) is 38.3 Å². The lowest BCUT2D eigenvalue weighted by molar-refractivity contribution is -0.144. The van der Waals surface area contributed by atoms with Crippen molar-refractivity contribution in [2.24, 2.45) is 5.92 Å². The normalized spacial score (nSPS) is 19.2. The van der Waals surface area contributed by atoms with Crippen LogP contribution in [0.2, 0.25) is 0 Å². The van der Waals surface area contributed by atoms with Crippen molar-refractivity contribution in [3.05, 3.63) is 48.0 Å². The molecule has 1 aliphatic rings. The van der Waals surface area contributed by atoms with Gasteiger partial charge in [0.25, 0.3) is 0 Å². The first-order chi connectivity index (χ1) is 13.5. The number of amides is 1. The van der Waals surface area contributed by atoms with Crippen molar-refractivity contribution in [2.45, 2.75) is 18.9 Å². The molecule has 1 saturated heterocycles. The highest BCUT2D eigenvalue weighted by molar-refractivity contribution is 5.96. The number of aliphatic carboxylic acids is 1. The summed E-state index contributed by atoms with van der Waals surface area (Å²) in [5.74, 6) is -0.120. The van der Waals surface area contributed by atoms with Gasteiger partial charge in [0.1, 0.15) is 5.75 Å². The Morgan fingerprint density at radius 1 is 1.00 bits per heavy atom. The number of hydrogen-bond donors (Lipinski definition) is 1. The Kier molecular flexibility index (Phi) is 5.73. The second-order valence-electron chi connectivity index (χ2n) is 6.50. The van der Waals surface area contributed by atoms with E-state index < -0.39 is 17.9 Å². The van der Waals surface area contributed by atoms with Gasteiger partial charge >= 0.3 is 5.97 Å². The predicted molar refractivity (Wildman–Crippen MR) is 103 cm³/mol. The van der Waals surface area contributed by atoms with Crippen LogP contribution in [-0.2, 0) is 9.59 Å². The minimum Gasteiger partial charge on any atom is -0.497 e. The number of carbonyl (C=O) groups excluding carboxylic acids is 1. The van der Waals surface area contributed by atoms with Gasteiger partial charge in [0, 0.05) is 12.1 Å². The molecule has 0 unspecified atom stereocenters. The van der Waals surface area contributed by atoms with Gasteiger partial charge < -0.3 is 24.2 Å². The quantitative estimate of drug-likeness (QED) is 0.821. The van der Waals surface area contributed by atoms with Crippen LogP contribution in [0.15, 0.2) is 42.5 Å². The summed E-state index contributed by atoms with van der Waals surface area (Å²) in [6, 6.07) is 11.6. The Labute approximate surface area is 163 Å². The lowest BCUT2D eigenvalue weighted by Crippen LogP contribution is -2.45. The van der Waals surface area contributed by atoms with E-state index in [1.165, 1.54) is 14.2 Å². The molecule has 1 heterocycles. The molecule has 7 nitrogen and oxygen atoms in total. The number of piperidine rings is 1. The maximum atomic E-state index is 12.8. The second-order valence-corrected chi connectivity index (χ2v) is 6.50. The van der Waals surface area contributed by atoms with Crippen LogP contribution >= 0.6 is 0 Å². The van der Waals surface area contributed by atoms with Crippen molar-refractivity contribution in [3.63, 3.8) is 0 Å². The van der Waals surface area contributed by atoms with Crippen LogP contribution in [0.3, 0.4) is 0 Å². The summed E-state index contributed by atoms with van der Waals surface area (Å²) in [4.78, 5) is 26.4. The standard InChI is InChI=1S/C21H23NO6/c1-26-15-7-5-14(6-8-15)22-19(23)11-9-16(21(24)25)20(22)13-4-10-17(27-2)18(12-13)28-3/h4-8,10,12,16,20H,9,11H2,1-3H3,(H,24,25)/t16-,20-/m0/s1. The predicted octanol–water partition coefficient (Wildman–Crippen LogP) is 3.28. The van der Waals surface area contributed by atoms with Crippen LogP contribution in [0, 0.1) is 5.92 Å². The molecule has 1 amide bonds. The van der Waals surface area contributed by atoms with Gasteiger partial charge in [-0.05, 0) is 48.4 Å². The van der Waals surface area contributed by atoms with Gasteiger partial charge in [0.15, 0.2) is 11.5 Å². The lowest BCUT2D eigenvalue weighted by Gasteiger charge is -2.40. The summed E-state index contributed by atoms with van der Waals surface area (Å²) in [5.41, 5.74) is 1.30. The van der Waals surface area contributed by atoms with Crippen LogP contribution in [0.5, 0.6) is 17.2 Å². The minimum atomic E-state index is -0.939. The number of carboxylic acids is 1. The smallest absolute Gasteiger partial charge is 0.308 e. The molecular weight excluding hydrogens is 362 g/mol. The van der Waals surface area contributed by atoms with Crippen LogP contribution in [0.25, 0.3) is 0 Å². The maximum Gasteiger partial charge on any atom is 0.308 e. The number of carbonyl (C=O) groups is 2. The largest absolute Gasteiger partial charge is 0.497 e. The molecule has 0 radical (unpaired) electrons. The molecule has 1 fully saturated rings. The van der Waals surface area contributed by atoms with Crippen molar-refractivity contribution in [1.29, 1.82) is 0 Å². The highest BCUT2D eigenvalue weighted by Gasteiger charge is 2.41. The molecular formula is C21H23NO6. The molecule has 0 saturated carbocycles. The summed E-state index contributed by atoms with van der Waals surface area (Å²) < 4.78 is 15.8. The summed E-state index contributed by atoms with van der Waals surface area (Å²) in [6.07, 6.45) is 0.451. The topological polar surface area (TPSA) is 85.3 Å². The van der Waals surface area contributed by atoms with Gasteiger partial charge in [-0.25, -0.2) is 0 Å². The maximum absolute atomic E-state index is 12.8. The van der Waals surface area contributed by atoms with E-state index in [1.807, 2.05) is 0 Å². The summed E-state index contributed by atoms with van der Waals surface area (Å²) in [7, 11) is 4.61. The number of rotatable bonds is 6. The highest BCUT2D eigenvalue weighted by Crippen LogP contribution is 2.42. The number of hydrogen-bond acceptors (Lipinski definition) is 5. The Morgan fingerprint density at radius 3 is 2.25 bits per heavy atom. The summed E-state index contributed by atoms with van der Waals surface area (Å²) in [6.45, 7) is 0. The lowest BCUT2D eigenvalue weighted by atomic mass is 9.83. The first kappa shape index (κ1) is 19.5. The van der Waals surface area contributed by atoms with E-state index in [2.05, 4.69) is 0 Å². The molecule has 3 rings (SSSR count). The number of nitrogens with zero attached hydrogens (tertiary/aromatic N) is 1. The van der Waals surface area contributed by atoms with Gasteiger partial charge in [0.05, 0.1) is 33.3 Å². The number of ether oxygens (including phenoxy) is 3. The molecule has 0 aromatic heterocycles. The average molecular weight is 385 g/mol. The van der Waals surface area contributed by atoms with Crippen LogP contribution < -0.4 is 19.1 Å². The van der Waals surface area contributed by atoms with E-state index in [-0.39, 0.29) is 18.7 Å². The van der Waals surface area contributed by atoms with Gasteiger partial charge in [-0.15, -0.1) is 0 Å². The fraction of sp³-hybridized carbons (Fsp3) is 0.333. The summed E-state index contributed by atoms with van der Waals surface area (Å²) in [5, 5.41) is 9.82. The third kappa shape index (κ3) is 3.60. The van der Waals surface area contributed by atoms with Crippen molar-refractivity contribution >= 4 is 17.6 Å². The molecule has 2 atom stereocenters. The van der Waals surface area contributed by atoms with Crippen molar-refractivity contribution in [1.82, 2.24) is 0 Å². The van der Waals surface area contributed by atoms with Gasteiger partial charge in [-0.2, -0.15) is 0 Å². The van der Waals surface area contributed by atoms with Gasteiger partial charge in [-0.3, -0.25) is 9.59 Å². The zero-order valence-electron chi connectivity index (χ0n) is 16.0. The Hall–Kier alpha value is -3.22. The zero-order chi connectivity index (χ0) is 20.3. The van der Waals surface area contributed by atoms with Crippen molar-refractivity contribution in [3.8, 4) is 17.2 Å². The number of methoxy groups -OCH3 is 3. The first-order valence-electron chi connectivity index (χ1n) is 8.91. The third-order valence-electron chi connectivity index (χ3n) is 5.01. The SMILES string of the molecule is COc1ccc(N2C(=O)CC[C@H](C(=O)O)[C@@H]2c2ccc(OC)c(OC)c2)cc1. The highest BCUT2D eigenvalue weighted by atomic mass is 16.5. The van der Waals surface area contributed by atoms with E-state index in [0.29, 0.717) is 28.5 Å². The fourth-order valence-electron chi connectivity index (χ4n) is 3.62. The van der Waals surface area contributed by atoms with E-state index in [9.17, 15) is 14.7 Å². The molecule has 148 valence electrons. The van der Waals surface area contributed by atoms with E-state index in [4.69, 9.17) is 14.2 Å². The fourth-order valence-corrected chi connectivity index (χ4v) is 3.62. The molecule has 2 aromatic rings. The Morgan fingerprint density at radius 2 is 1.68 bits per heavy atom. The molecule has 7 heteroatoms. The van der Waals surface area contributed by atoms with Crippen LogP contribution in [0.4, 0.5) is 5.69 Å². The Bertz CT molecular complexity index is 864. The third-order valence-corrected chi connectivity index (χ3v) is 5.01. The number of benzene rings is 2. The monoisotopic (exact) mass is 385 g/mol. The average Bonchev–Trinajstić information content (AvgIpc) is 2.72. The number of anilines is 1. The first-order valence-corrected chi connectivity index (χ1v) is 8.91. The molecule has 0 bridgehead atoms. The molecule has 28 heavy (non-hydrogen) atoms. The minimum absolute atomic E-state index is 0.123. The van der Waals surface area contributed by atoms with Crippen molar-refractivity contribution in [2.75, 3.05) is 26.2 Å². The molecule has 2 aromatic carbocycles. The summed E-state index contributed by atoms with van der Waals surface area (Å²) >= 11 is 0. The van der Waals surface area contributed by atoms with Gasteiger partial charge in [0.2, 0.25) is 5.91 Å². The van der Waals surface area contributed by atoms with E-state index in [0.717, 1.165) is 0 Å². The molecule has 1 aliphatic heterocycles.